The average Bonchev–Trinajstić information content (AvgIpc) is 2.91. The molecule has 112 valence electrons. The van der Waals surface area contributed by atoms with Gasteiger partial charge in [0, 0.05) is 16.1 Å². The van der Waals surface area contributed by atoms with Crippen molar-refractivity contribution >= 4 is 21.7 Å². The smallest absolute Gasteiger partial charge is 0.216 e. The lowest BCUT2D eigenvalue weighted by Gasteiger charge is -2.12. The minimum atomic E-state index is -0.163. The Morgan fingerprint density at radius 3 is 2.57 bits per heavy atom. The van der Waals surface area contributed by atoms with Crippen molar-refractivity contribution in [3.05, 3.63) is 40.1 Å². The van der Waals surface area contributed by atoms with E-state index in [9.17, 15) is 4.79 Å². The second kappa shape index (κ2) is 6.30. The Bertz CT molecular complexity index is 665. The number of hydrogen-bond acceptors (Lipinski definition) is 4. The summed E-state index contributed by atoms with van der Waals surface area (Å²) in [5.41, 5.74) is 0.941. The molecule has 0 aliphatic rings. The summed E-state index contributed by atoms with van der Waals surface area (Å²) < 4.78 is 12.8. The summed E-state index contributed by atoms with van der Waals surface area (Å²) in [7, 11) is 3.09. The molecule has 0 fully saturated rings. The number of halogens is 1. The van der Waals surface area contributed by atoms with Crippen molar-refractivity contribution in [2.45, 2.75) is 19.9 Å². The van der Waals surface area contributed by atoms with Gasteiger partial charge in [-0.2, -0.15) is 5.10 Å². The summed E-state index contributed by atoms with van der Waals surface area (Å²) in [6.07, 6.45) is 1.56. The number of carbonyl (C=O) groups excluding carboxylic acids is 1. The van der Waals surface area contributed by atoms with Gasteiger partial charge in [-0.3, -0.25) is 9.48 Å². The average molecular weight is 353 g/mol. The third-order valence-corrected chi connectivity index (χ3v) is 3.80. The number of rotatable bonds is 5. The minimum Gasteiger partial charge on any atom is -0.497 e. The molecule has 0 aliphatic carbocycles. The van der Waals surface area contributed by atoms with Crippen molar-refractivity contribution in [1.82, 2.24) is 9.78 Å². The number of methoxy groups -OCH3 is 2. The molecule has 1 aromatic carbocycles. The van der Waals surface area contributed by atoms with Gasteiger partial charge < -0.3 is 9.47 Å². The molecule has 0 bridgehead atoms. The molecule has 0 N–H and O–H groups in total. The zero-order valence-corrected chi connectivity index (χ0v) is 14.0. The number of benzene rings is 1. The highest BCUT2D eigenvalue weighted by molar-refractivity contribution is 9.10. The van der Waals surface area contributed by atoms with Gasteiger partial charge in [-0.15, -0.1) is 0 Å². The summed E-state index contributed by atoms with van der Waals surface area (Å²) in [5.74, 6) is 0.920. The second-order valence-corrected chi connectivity index (χ2v) is 5.63. The minimum absolute atomic E-state index is 0.0530. The fourth-order valence-corrected chi connectivity index (χ4v) is 2.46. The number of hydrogen-bond donors (Lipinski definition) is 0. The van der Waals surface area contributed by atoms with Gasteiger partial charge in [-0.25, -0.2) is 0 Å². The number of carbonyl (C=O) groups is 1. The summed E-state index contributed by atoms with van der Waals surface area (Å²) in [4.78, 5) is 12.9. The molecule has 0 spiro atoms. The normalized spacial score (nSPS) is 10.8. The first-order chi connectivity index (χ1) is 9.99. The van der Waals surface area contributed by atoms with Gasteiger partial charge in [0.2, 0.25) is 5.78 Å². The molecule has 0 saturated heterocycles. The fraction of sp³-hybridized carbons (Fsp3) is 0.333. The number of aromatic nitrogens is 2. The molecule has 21 heavy (non-hydrogen) atoms. The molecular weight excluding hydrogens is 336 g/mol. The molecule has 5 nitrogen and oxygen atoms in total. The first kappa shape index (κ1) is 15.6. The van der Waals surface area contributed by atoms with Crippen LogP contribution in [0.25, 0.3) is 0 Å². The lowest BCUT2D eigenvalue weighted by molar-refractivity contribution is 0.102. The lowest BCUT2D eigenvalue weighted by atomic mass is 10.1. The van der Waals surface area contributed by atoms with Crippen LogP contribution in [0.15, 0.2) is 28.9 Å². The van der Waals surface area contributed by atoms with Gasteiger partial charge in [0.25, 0.3) is 0 Å². The number of nitrogens with zero attached hydrogens (tertiary/aromatic N) is 2. The topological polar surface area (TPSA) is 53.4 Å². The zero-order valence-electron chi connectivity index (χ0n) is 12.4. The quantitative estimate of drug-likeness (QED) is 0.773. The highest BCUT2D eigenvalue weighted by Gasteiger charge is 2.24. The van der Waals surface area contributed by atoms with Crippen LogP contribution in [-0.2, 0) is 0 Å². The Morgan fingerprint density at radius 1 is 1.29 bits per heavy atom. The maximum absolute atomic E-state index is 12.9. The van der Waals surface area contributed by atoms with Crippen LogP contribution < -0.4 is 9.47 Å². The summed E-state index contributed by atoms with van der Waals surface area (Å²) in [6, 6.07) is 5.33. The van der Waals surface area contributed by atoms with Crippen LogP contribution in [0.4, 0.5) is 0 Å². The Morgan fingerprint density at radius 2 is 2.00 bits per heavy atom. The zero-order chi connectivity index (χ0) is 15.6. The first-order valence-electron chi connectivity index (χ1n) is 6.49. The first-order valence-corrected chi connectivity index (χ1v) is 7.28. The van der Waals surface area contributed by atoms with Crippen LogP contribution in [0.2, 0.25) is 0 Å². The monoisotopic (exact) mass is 352 g/mol. The predicted molar refractivity (Wildman–Crippen MR) is 83.3 cm³/mol. The van der Waals surface area contributed by atoms with Crippen LogP contribution in [0.3, 0.4) is 0 Å². The molecule has 1 heterocycles. The maximum Gasteiger partial charge on any atom is 0.216 e. The van der Waals surface area contributed by atoms with Crippen LogP contribution in [0.1, 0.15) is 35.9 Å². The molecule has 2 rings (SSSR count). The largest absolute Gasteiger partial charge is 0.497 e. The van der Waals surface area contributed by atoms with Gasteiger partial charge in [0.05, 0.1) is 20.4 Å². The van der Waals surface area contributed by atoms with E-state index in [0.717, 1.165) is 0 Å². The Labute approximate surface area is 132 Å². The second-order valence-electron chi connectivity index (χ2n) is 4.77. The number of ether oxygens (including phenoxy) is 2. The molecule has 0 aliphatic heterocycles. The van der Waals surface area contributed by atoms with Crippen molar-refractivity contribution in [1.29, 1.82) is 0 Å². The molecule has 1 aromatic heterocycles. The molecule has 6 heteroatoms. The predicted octanol–water partition coefficient (Wildman–Crippen LogP) is 3.47. The standard InChI is InChI=1S/C15H17BrN2O3/c1-9(2)18-14(13(21-4)8-17-18)15(19)11-7-10(20-3)5-6-12(11)16/h5-9H,1-4H3. The summed E-state index contributed by atoms with van der Waals surface area (Å²) >= 11 is 3.41. The van der Waals surface area contributed by atoms with Gasteiger partial charge in [-0.05, 0) is 32.0 Å². The van der Waals surface area contributed by atoms with E-state index in [-0.39, 0.29) is 11.8 Å². The summed E-state index contributed by atoms with van der Waals surface area (Å²) in [6.45, 7) is 3.92. The van der Waals surface area contributed by atoms with Gasteiger partial charge >= 0.3 is 0 Å². The van der Waals surface area contributed by atoms with Crippen LogP contribution in [-0.4, -0.2) is 29.8 Å². The van der Waals surface area contributed by atoms with Crippen molar-refractivity contribution in [3.8, 4) is 11.5 Å². The third kappa shape index (κ3) is 2.95. The van der Waals surface area contributed by atoms with Gasteiger partial charge in [0.1, 0.15) is 5.75 Å². The van der Waals surface area contributed by atoms with E-state index in [4.69, 9.17) is 9.47 Å². The molecular formula is C15H17BrN2O3. The Kier molecular flexibility index (Phi) is 4.67. The molecule has 0 atom stereocenters. The van der Waals surface area contributed by atoms with Crippen LogP contribution in [0, 0.1) is 0 Å². The maximum atomic E-state index is 12.9. The van der Waals surface area contributed by atoms with Gasteiger partial charge in [-0.1, -0.05) is 15.9 Å². The van der Waals surface area contributed by atoms with Crippen LogP contribution >= 0.6 is 15.9 Å². The van der Waals surface area contributed by atoms with Crippen LogP contribution in [0.5, 0.6) is 11.5 Å². The highest BCUT2D eigenvalue weighted by Crippen LogP contribution is 2.29. The Balaban J connectivity index is 2.56. The Hall–Kier alpha value is -1.82. The van der Waals surface area contributed by atoms with Gasteiger partial charge in [0.15, 0.2) is 11.4 Å². The molecule has 2 aromatic rings. The van der Waals surface area contributed by atoms with Crippen molar-refractivity contribution in [2.75, 3.05) is 14.2 Å². The van der Waals surface area contributed by atoms with E-state index in [1.54, 1.807) is 36.2 Å². The molecule has 0 radical (unpaired) electrons. The van der Waals surface area contributed by atoms with E-state index in [0.29, 0.717) is 27.2 Å². The number of ketones is 1. The molecule has 0 amide bonds. The molecule has 0 unspecified atom stereocenters. The van der Waals surface area contributed by atoms with E-state index < -0.39 is 0 Å². The van der Waals surface area contributed by atoms with E-state index in [2.05, 4.69) is 21.0 Å². The van der Waals surface area contributed by atoms with E-state index in [1.807, 2.05) is 13.8 Å². The van der Waals surface area contributed by atoms with Crippen molar-refractivity contribution in [2.24, 2.45) is 0 Å². The van der Waals surface area contributed by atoms with E-state index >= 15 is 0 Å². The van der Waals surface area contributed by atoms with E-state index in [1.165, 1.54) is 7.11 Å². The third-order valence-electron chi connectivity index (χ3n) is 3.10. The lowest BCUT2D eigenvalue weighted by Crippen LogP contribution is -2.15. The fourth-order valence-electron chi connectivity index (χ4n) is 2.04. The summed E-state index contributed by atoms with van der Waals surface area (Å²) in [5, 5.41) is 4.23. The molecule has 0 saturated carbocycles. The van der Waals surface area contributed by atoms with Crippen molar-refractivity contribution < 1.29 is 14.3 Å². The SMILES string of the molecule is COc1ccc(Br)c(C(=O)c2c(OC)cnn2C(C)C)c1. The van der Waals surface area contributed by atoms with Crippen molar-refractivity contribution in [3.63, 3.8) is 0 Å². The highest BCUT2D eigenvalue weighted by atomic mass is 79.9.